The van der Waals surface area contributed by atoms with Crippen molar-refractivity contribution in [3.8, 4) is 0 Å². The molecule has 4 heteroatoms. The highest BCUT2D eigenvalue weighted by molar-refractivity contribution is 5.74. The first-order valence-corrected chi connectivity index (χ1v) is 4.15. The number of carboxylic acids is 1. The molecule has 68 valence electrons. The molecule has 1 aliphatic heterocycles. The molecule has 2 N–H and O–H groups in total. The van der Waals surface area contributed by atoms with Gasteiger partial charge in [-0.25, -0.2) is 0 Å². The van der Waals surface area contributed by atoms with Crippen LogP contribution in [0.25, 0.3) is 0 Å². The van der Waals surface area contributed by atoms with Crippen LogP contribution < -0.4 is 5.43 Å². The Bertz CT molecular complexity index is 318. The zero-order chi connectivity index (χ0) is 9.26. The van der Waals surface area contributed by atoms with Gasteiger partial charge < -0.3 is 10.5 Å². The Hall–Kier alpha value is -1.58. The van der Waals surface area contributed by atoms with Crippen LogP contribution in [0.15, 0.2) is 28.9 Å². The molecule has 2 atom stereocenters. The molecular formula is C9H10N2O2. The van der Waals surface area contributed by atoms with Crippen LogP contribution >= 0.6 is 0 Å². The number of carboxylic acid groups (broad SMARTS) is 1. The molecule has 13 heavy (non-hydrogen) atoms. The number of rotatable bonds is 2. The Morgan fingerprint density at radius 3 is 3.31 bits per heavy atom. The molecular weight excluding hydrogens is 168 g/mol. The quantitative estimate of drug-likeness (QED) is 0.648. The number of carbonyl (C=O) groups is 1. The molecule has 0 radical (unpaired) electrons. The Morgan fingerprint density at radius 2 is 2.54 bits per heavy atom. The van der Waals surface area contributed by atoms with Crippen molar-refractivity contribution < 1.29 is 9.90 Å². The standard InChI is InChI=1S/C9H10N2O2/c12-8(13)4-6-2-1-3-7-5-10-11-9(6)7/h1-3,5,7,9,11H,4H2,(H,12,13). The van der Waals surface area contributed by atoms with Crippen molar-refractivity contribution in [1.29, 1.82) is 0 Å². The number of hydrogen-bond acceptors (Lipinski definition) is 3. The van der Waals surface area contributed by atoms with E-state index in [2.05, 4.69) is 10.5 Å². The average molecular weight is 178 g/mol. The fourth-order valence-corrected chi connectivity index (χ4v) is 1.63. The summed E-state index contributed by atoms with van der Waals surface area (Å²) in [5.41, 5.74) is 3.79. The summed E-state index contributed by atoms with van der Waals surface area (Å²) >= 11 is 0. The maximum atomic E-state index is 10.5. The summed E-state index contributed by atoms with van der Waals surface area (Å²) in [6.07, 6.45) is 7.63. The van der Waals surface area contributed by atoms with Gasteiger partial charge in [-0.1, -0.05) is 18.2 Å². The maximum absolute atomic E-state index is 10.5. The zero-order valence-corrected chi connectivity index (χ0v) is 6.97. The van der Waals surface area contributed by atoms with Crippen LogP contribution in [0, 0.1) is 5.92 Å². The van der Waals surface area contributed by atoms with Gasteiger partial charge in [-0.2, -0.15) is 5.10 Å². The molecule has 0 saturated carbocycles. The Labute approximate surface area is 75.6 Å². The minimum Gasteiger partial charge on any atom is -0.481 e. The first-order chi connectivity index (χ1) is 6.27. The predicted octanol–water partition coefficient (Wildman–Crippen LogP) is 0.531. The smallest absolute Gasteiger partial charge is 0.307 e. The van der Waals surface area contributed by atoms with E-state index in [-0.39, 0.29) is 18.4 Å². The average Bonchev–Trinajstić information content (AvgIpc) is 2.51. The van der Waals surface area contributed by atoms with Crippen LogP contribution in [-0.2, 0) is 4.79 Å². The lowest BCUT2D eigenvalue weighted by molar-refractivity contribution is -0.136. The number of hydrazone groups is 1. The van der Waals surface area contributed by atoms with E-state index in [0.717, 1.165) is 5.57 Å². The third-order valence-corrected chi connectivity index (χ3v) is 2.24. The lowest BCUT2D eigenvalue weighted by Gasteiger charge is -2.20. The van der Waals surface area contributed by atoms with Crippen LogP contribution in [0.4, 0.5) is 0 Å². The summed E-state index contributed by atoms with van der Waals surface area (Å²) in [7, 11) is 0. The first-order valence-electron chi connectivity index (χ1n) is 4.15. The summed E-state index contributed by atoms with van der Waals surface area (Å²) in [6.45, 7) is 0. The van der Waals surface area contributed by atoms with E-state index in [1.807, 2.05) is 18.2 Å². The highest BCUT2D eigenvalue weighted by atomic mass is 16.4. The lowest BCUT2D eigenvalue weighted by Crippen LogP contribution is -2.31. The summed E-state index contributed by atoms with van der Waals surface area (Å²) < 4.78 is 0. The molecule has 0 spiro atoms. The predicted molar refractivity (Wildman–Crippen MR) is 48.4 cm³/mol. The van der Waals surface area contributed by atoms with Crippen molar-refractivity contribution in [3.05, 3.63) is 23.8 Å². The number of hydrogen-bond donors (Lipinski definition) is 2. The fraction of sp³-hybridized carbons (Fsp3) is 0.333. The summed E-state index contributed by atoms with van der Waals surface area (Å²) in [5.74, 6) is -0.576. The van der Waals surface area contributed by atoms with Gasteiger partial charge in [0.25, 0.3) is 0 Å². The minimum absolute atomic E-state index is 0.0566. The van der Waals surface area contributed by atoms with Crippen LogP contribution in [0.1, 0.15) is 6.42 Å². The molecule has 0 bridgehead atoms. The van der Waals surface area contributed by atoms with Gasteiger partial charge in [-0.15, -0.1) is 0 Å². The number of aliphatic carboxylic acids is 1. The number of allylic oxidation sites excluding steroid dienone is 2. The number of nitrogens with zero attached hydrogens (tertiary/aromatic N) is 1. The van der Waals surface area contributed by atoms with Gasteiger partial charge in [-0.3, -0.25) is 4.79 Å². The monoisotopic (exact) mass is 178 g/mol. The molecule has 1 aliphatic carbocycles. The van der Waals surface area contributed by atoms with Gasteiger partial charge in [0.2, 0.25) is 0 Å². The lowest BCUT2D eigenvalue weighted by atomic mass is 9.89. The van der Waals surface area contributed by atoms with E-state index in [1.54, 1.807) is 6.21 Å². The van der Waals surface area contributed by atoms with E-state index in [4.69, 9.17) is 5.11 Å². The van der Waals surface area contributed by atoms with Gasteiger partial charge in [0.15, 0.2) is 0 Å². The SMILES string of the molecule is O=C(O)CC1=CC=CC2C=NNC12. The second-order valence-corrected chi connectivity index (χ2v) is 3.16. The van der Waals surface area contributed by atoms with Crippen LogP contribution in [0.2, 0.25) is 0 Å². The van der Waals surface area contributed by atoms with E-state index >= 15 is 0 Å². The molecule has 0 aromatic heterocycles. The highest BCUT2D eigenvalue weighted by Gasteiger charge is 2.28. The molecule has 2 unspecified atom stereocenters. The van der Waals surface area contributed by atoms with Crippen molar-refractivity contribution in [3.63, 3.8) is 0 Å². The second kappa shape index (κ2) is 3.05. The summed E-state index contributed by atoms with van der Waals surface area (Å²) in [4.78, 5) is 10.5. The van der Waals surface area contributed by atoms with E-state index in [1.165, 1.54) is 0 Å². The van der Waals surface area contributed by atoms with Crippen LogP contribution in [0.5, 0.6) is 0 Å². The third-order valence-electron chi connectivity index (χ3n) is 2.24. The molecule has 1 heterocycles. The van der Waals surface area contributed by atoms with Gasteiger partial charge in [0.05, 0.1) is 12.5 Å². The van der Waals surface area contributed by atoms with Gasteiger partial charge in [0, 0.05) is 12.1 Å². The van der Waals surface area contributed by atoms with Crippen LogP contribution in [-0.4, -0.2) is 23.3 Å². The molecule has 4 nitrogen and oxygen atoms in total. The van der Waals surface area contributed by atoms with Crippen molar-refractivity contribution in [1.82, 2.24) is 5.43 Å². The third kappa shape index (κ3) is 1.47. The summed E-state index contributed by atoms with van der Waals surface area (Å²) in [6, 6.07) is 0.0566. The van der Waals surface area contributed by atoms with Crippen molar-refractivity contribution >= 4 is 12.2 Å². The van der Waals surface area contributed by atoms with Gasteiger partial charge >= 0.3 is 5.97 Å². The molecule has 0 fully saturated rings. The topological polar surface area (TPSA) is 61.7 Å². The molecule has 2 rings (SSSR count). The molecule has 0 saturated heterocycles. The maximum Gasteiger partial charge on any atom is 0.307 e. The van der Waals surface area contributed by atoms with Gasteiger partial charge in [0.1, 0.15) is 0 Å². The normalized spacial score (nSPS) is 29.4. The Balaban J connectivity index is 2.14. The summed E-state index contributed by atoms with van der Waals surface area (Å²) in [5, 5.41) is 12.6. The van der Waals surface area contributed by atoms with E-state index in [0.29, 0.717) is 0 Å². The molecule has 0 amide bonds. The minimum atomic E-state index is -0.797. The Kier molecular flexibility index (Phi) is 1.88. The fourth-order valence-electron chi connectivity index (χ4n) is 1.63. The van der Waals surface area contributed by atoms with Crippen molar-refractivity contribution in [2.75, 3.05) is 0 Å². The van der Waals surface area contributed by atoms with E-state index < -0.39 is 5.97 Å². The van der Waals surface area contributed by atoms with Crippen molar-refractivity contribution in [2.24, 2.45) is 11.0 Å². The Morgan fingerprint density at radius 1 is 1.69 bits per heavy atom. The number of nitrogens with one attached hydrogen (secondary N) is 1. The van der Waals surface area contributed by atoms with Crippen LogP contribution in [0.3, 0.4) is 0 Å². The molecule has 0 aromatic carbocycles. The second-order valence-electron chi connectivity index (χ2n) is 3.16. The molecule has 2 aliphatic rings. The number of fused-ring (bicyclic) bond motifs is 1. The molecule has 0 aromatic rings. The first kappa shape index (κ1) is 8.04. The van der Waals surface area contributed by atoms with Crippen molar-refractivity contribution in [2.45, 2.75) is 12.5 Å². The largest absolute Gasteiger partial charge is 0.481 e. The zero-order valence-electron chi connectivity index (χ0n) is 6.97. The highest BCUT2D eigenvalue weighted by Crippen LogP contribution is 2.23. The van der Waals surface area contributed by atoms with E-state index in [9.17, 15) is 4.79 Å². The van der Waals surface area contributed by atoms with Gasteiger partial charge in [-0.05, 0) is 5.57 Å².